The summed E-state index contributed by atoms with van der Waals surface area (Å²) in [7, 11) is 1.54. The van der Waals surface area contributed by atoms with Gasteiger partial charge in [-0.1, -0.05) is 5.92 Å². The molecule has 0 aromatic carbocycles. The second-order valence-corrected chi connectivity index (χ2v) is 2.95. The molecule has 0 bridgehead atoms. The Hall–Kier alpha value is -2.22. The van der Waals surface area contributed by atoms with Gasteiger partial charge in [0.15, 0.2) is 0 Å². The van der Waals surface area contributed by atoms with Gasteiger partial charge in [0, 0.05) is 18.8 Å². The van der Waals surface area contributed by atoms with Crippen LogP contribution in [0, 0.1) is 12.3 Å². The van der Waals surface area contributed by atoms with Crippen molar-refractivity contribution < 1.29 is 9.53 Å². The minimum absolute atomic E-state index is 0.214. The molecule has 0 fully saturated rings. The molecular weight excluding hydrogens is 206 g/mol. The van der Waals surface area contributed by atoms with Crippen LogP contribution in [-0.4, -0.2) is 24.7 Å². The van der Waals surface area contributed by atoms with E-state index in [4.69, 9.17) is 11.2 Å². The smallest absolute Gasteiger partial charge is 0.315 e. The third-order valence-corrected chi connectivity index (χ3v) is 1.81. The van der Waals surface area contributed by atoms with Crippen LogP contribution in [-0.2, 0) is 6.54 Å². The lowest BCUT2D eigenvalue weighted by Crippen LogP contribution is -2.35. The maximum absolute atomic E-state index is 11.2. The first-order chi connectivity index (χ1) is 7.76. The number of aromatic nitrogens is 1. The monoisotopic (exact) mass is 219 g/mol. The van der Waals surface area contributed by atoms with Gasteiger partial charge in [0.05, 0.1) is 13.7 Å². The summed E-state index contributed by atoms with van der Waals surface area (Å²) in [5.74, 6) is 2.83. The maximum atomic E-state index is 11.2. The molecular formula is C11H13N3O2. The Morgan fingerprint density at radius 1 is 1.62 bits per heavy atom. The van der Waals surface area contributed by atoms with Crippen LogP contribution in [0.3, 0.4) is 0 Å². The molecule has 1 heterocycles. The van der Waals surface area contributed by atoms with E-state index in [2.05, 4.69) is 21.5 Å². The van der Waals surface area contributed by atoms with Crippen molar-refractivity contribution in [3.63, 3.8) is 0 Å². The lowest BCUT2D eigenvalue weighted by atomic mass is 10.2. The van der Waals surface area contributed by atoms with Gasteiger partial charge in [-0.25, -0.2) is 9.78 Å². The van der Waals surface area contributed by atoms with Crippen LogP contribution in [0.2, 0.25) is 0 Å². The summed E-state index contributed by atoms with van der Waals surface area (Å²) in [5, 5.41) is 5.15. The van der Waals surface area contributed by atoms with Crippen LogP contribution in [0.4, 0.5) is 4.79 Å². The summed E-state index contributed by atoms with van der Waals surface area (Å²) in [6.07, 6.45) is 6.62. The molecule has 0 spiro atoms. The van der Waals surface area contributed by atoms with E-state index in [0.717, 1.165) is 5.56 Å². The minimum atomic E-state index is -0.297. The number of rotatable bonds is 4. The maximum Gasteiger partial charge on any atom is 0.315 e. The number of hydrogen-bond donors (Lipinski definition) is 2. The lowest BCUT2D eigenvalue weighted by molar-refractivity contribution is 0.241. The first-order valence-corrected chi connectivity index (χ1v) is 4.70. The van der Waals surface area contributed by atoms with Crippen LogP contribution in [0.1, 0.15) is 5.56 Å². The highest BCUT2D eigenvalue weighted by molar-refractivity contribution is 5.74. The van der Waals surface area contributed by atoms with Gasteiger partial charge < -0.3 is 15.4 Å². The number of pyridine rings is 1. The topological polar surface area (TPSA) is 63.2 Å². The van der Waals surface area contributed by atoms with Crippen molar-refractivity contribution in [1.82, 2.24) is 15.6 Å². The highest BCUT2D eigenvalue weighted by Crippen LogP contribution is 2.07. The number of ether oxygens (including phenoxy) is 1. The number of nitrogens with one attached hydrogen (secondary N) is 2. The molecule has 0 unspecified atom stereocenters. The number of amides is 2. The molecule has 0 saturated heterocycles. The molecule has 0 atom stereocenters. The number of methoxy groups -OCH3 is 1. The predicted octanol–water partition coefficient (Wildman–Crippen LogP) is 0.523. The van der Waals surface area contributed by atoms with E-state index in [1.807, 2.05) is 0 Å². The fourth-order valence-corrected chi connectivity index (χ4v) is 1.05. The second kappa shape index (κ2) is 6.30. The van der Waals surface area contributed by atoms with Crippen molar-refractivity contribution in [1.29, 1.82) is 0 Å². The SMILES string of the molecule is C#CCNC(=O)NCc1ccnc(OC)c1. The van der Waals surface area contributed by atoms with Crippen molar-refractivity contribution >= 4 is 6.03 Å². The zero-order valence-electron chi connectivity index (χ0n) is 8.99. The predicted molar refractivity (Wildman–Crippen MR) is 59.9 cm³/mol. The minimum Gasteiger partial charge on any atom is -0.481 e. The van der Waals surface area contributed by atoms with Gasteiger partial charge in [-0.2, -0.15) is 0 Å². The van der Waals surface area contributed by atoms with Gasteiger partial charge in [0.1, 0.15) is 0 Å². The summed E-state index contributed by atoms with van der Waals surface area (Å²) in [5.41, 5.74) is 0.905. The summed E-state index contributed by atoms with van der Waals surface area (Å²) < 4.78 is 4.96. The van der Waals surface area contributed by atoms with Crippen LogP contribution in [0.15, 0.2) is 18.3 Å². The van der Waals surface area contributed by atoms with Crippen molar-refractivity contribution in [2.24, 2.45) is 0 Å². The Balaban J connectivity index is 2.42. The Morgan fingerprint density at radius 2 is 2.44 bits per heavy atom. The normalized spacial score (nSPS) is 9.00. The average Bonchev–Trinajstić information content (AvgIpc) is 2.34. The van der Waals surface area contributed by atoms with E-state index in [0.29, 0.717) is 12.4 Å². The molecule has 0 aliphatic heterocycles. The highest BCUT2D eigenvalue weighted by atomic mass is 16.5. The van der Waals surface area contributed by atoms with Crippen molar-refractivity contribution in [2.45, 2.75) is 6.54 Å². The molecule has 1 aromatic heterocycles. The van der Waals surface area contributed by atoms with E-state index in [1.54, 1.807) is 25.4 Å². The number of nitrogens with zero attached hydrogens (tertiary/aromatic N) is 1. The molecule has 2 amide bonds. The van der Waals surface area contributed by atoms with Gasteiger partial charge in [-0.05, 0) is 11.6 Å². The van der Waals surface area contributed by atoms with E-state index in [-0.39, 0.29) is 12.6 Å². The largest absolute Gasteiger partial charge is 0.481 e. The molecule has 1 aromatic rings. The van der Waals surface area contributed by atoms with Crippen molar-refractivity contribution in [3.05, 3.63) is 23.9 Å². The van der Waals surface area contributed by atoms with Crippen molar-refractivity contribution in [2.75, 3.05) is 13.7 Å². The summed E-state index contributed by atoms with van der Waals surface area (Å²) in [6.45, 7) is 0.612. The molecule has 0 saturated carbocycles. The third-order valence-electron chi connectivity index (χ3n) is 1.81. The number of carbonyl (C=O) groups excluding carboxylic acids is 1. The Labute approximate surface area is 94.2 Å². The average molecular weight is 219 g/mol. The molecule has 5 heteroatoms. The molecule has 2 N–H and O–H groups in total. The first kappa shape index (κ1) is 11.9. The molecule has 0 aliphatic rings. The summed E-state index contributed by atoms with van der Waals surface area (Å²) in [4.78, 5) is 15.1. The standard InChI is InChI=1S/C11H13N3O2/c1-3-5-13-11(15)14-8-9-4-6-12-10(7-9)16-2/h1,4,6-7H,5,8H2,2H3,(H2,13,14,15). The zero-order chi connectivity index (χ0) is 11.8. The van der Waals surface area contributed by atoms with Crippen LogP contribution >= 0.6 is 0 Å². The van der Waals surface area contributed by atoms with Gasteiger partial charge in [0.2, 0.25) is 5.88 Å². The molecule has 5 nitrogen and oxygen atoms in total. The summed E-state index contributed by atoms with van der Waals surface area (Å²) >= 11 is 0. The zero-order valence-corrected chi connectivity index (χ0v) is 8.99. The molecule has 0 aliphatic carbocycles. The van der Waals surface area contributed by atoms with Crippen LogP contribution in [0.5, 0.6) is 5.88 Å². The highest BCUT2D eigenvalue weighted by Gasteiger charge is 2.00. The molecule has 16 heavy (non-hydrogen) atoms. The van der Waals surface area contributed by atoms with Gasteiger partial charge in [-0.15, -0.1) is 6.42 Å². The molecule has 0 radical (unpaired) electrons. The molecule has 1 rings (SSSR count). The number of hydrogen-bond acceptors (Lipinski definition) is 3. The quantitative estimate of drug-likeness (QED) is 0.726. The van der Waals surface area contributed by atoms with E-state index in [9.17, 15) is 4.79 Å². The fourth-order valence-electron chi connectivity index (χ4n) is 1.05. The van der Waals surface area contributed by atoms with E-state index in [1.165, 1.54) is 0 Å². The van der Waals surface area contributed by atoms with E-state index < -0.39 is 0 Å². The van der Waals surface area contributed by atoms with E-state index >= 15 is 0 Å². The van der Waals surface area contributed by atoms with Crippen molar-refractivity contribution in [3.8, 4) is 18.2 Å². The number of terminal acetylenes is 1. The van der Waals surface area contributed by atoms with Gasteiger partial charge in [-0.3, -0.25) is 0 Å². The molecule has 84 valence electrons. The lowest BCUT2D eigenvalue weighted by Gasteiger charge is -2.06. The third kappa shape index (κ3) is 3.88. The first-order valence-electron chi connectivity index (χ1n) is 4.70. The van der Waals surface area contributed by atoms with Crippen LogP contribution in [0.25, 0.3) is 0 Å². The van der Waals surface area contributed by atoms with Crippen LogP contribution < -0.4 is 15.4 Å². The Kier molecular flexibility index (Phi) is 4.67. The second-order valence-electron chi connectivity index (χ2n) is 2.95. The Bertz CT molecular complexity index is 398. The Morgan fingerprint density at radius 3 is 3.12 bits per heavy atom. The van der Waals surface area contributed by atoms with Gasteiger partial charge in [0.25, 0.3) is 0 Å². The number of carbonyl (C=O) groups is 1. The van der Waals surface area contributed by atoms with Gasteiger partial charge >= 0.3 is 6.03 Å². The summed E-state index contributed by atoms with van der Waals surface area (Å²) in [6, 6.07) is 3.25. The number of urea groups is 1. The fraction of sp³-hybridized carbons (Fsp3) is 0.273.